The standard InChI is InChI=1S/C22H21NO5/c1-15-7-10-20(26-2)19(11-15)23-21(24)13-28-22(25)14-27-18-9-8-16-5-3-4-6-17(16)12-18/h3-12H,13-14H2,1-2H3,(H,23,24). The number of esters is 1. The molecular weight excluding hydrogens is 358 g/mol. The summed E-state index contributed by atoms with van der Waals surface area (Å²) >= 11 is 0. The van der Waals surface area contributed by atoms with Gasteiger partial charge in [-0.3, -0.25) is 4.79 Å². The van der Waals surface area contributed by atoms with E-state index in [1.165, 1.54) is 7.11 Å². The number of hydrogen-bond donors (Lipinski definition) is 1. The molecule has 6 nitrogen and oxygen atoms in total. The lowest BCUT2D eigenvalue weighted by Crippen LogP contribution is -2.23. The highest BCUT2D eigenvalue weighted by molar-refractivity contribution is 5.94. The topological polar surface area (TPSA) is 73.9 Å². The van der Waals surface area contributed by atoms with Crippen LogP contribution in [-0.4, -0.2) is 32.2 Å². The summed E-state index contributed by atoms with van der Waals surface area (Å²) in [6, 6.07) is 18.8. The summed E-state index contributed by atoms with van der Waals surface area (Å²) < 4.78 is 15.6. The van der Waals surface area contributed by atoms with E-state index < -0.39 is 18.5 Å². The zero-order valence-electron chi connectivity index (χ0n) is 15.7. The Balaban J connectivity index is 1.48. The summed E-state index contributed by atoms with van der Waals surface area (Å²) in [7, 11) is 1.52. The number of rotatable bonds is 7. The first-order chi connectivity index (χ1) is 13.5. The predicted molar refractivity (Wildman–Crippen MR) is 107 cm³/mol. The third kappa shape index (κ3) is 5.01. The van der Waals surface area contributed by atoms with Crippen molar-refractivity contribution in [2.45, 2.75) is 6.92 Å². The number of benzene rings is 3. The number of hydrogen-bond acceptors (Lipinski definition) is 5. The van der Waals surface area contributed by atoms with Gasteiger partial charge >= 0.3 is 5.97 Å². The first-order valence-corrected chi connectivity index (χ1v) is 8.77. The van der Waals surface area contributed by atoms with Crippen molar-refractivity contribution in [1.29, 1.82) is 0 Å². The lowest BCUT2D eigenvalue weighted by atomic mass is 10.1. The average molecular weight is 379 g/mol. The molecule has 0 atom stereocenters. The number of nitrogens with one attached hydrogen (secondary N) is 1. The Morgan fingerprint density at radius 1 is 0.929 bits per heavy atom. The Labute approximate surface area is 163 Å². The summed E-state index contributed by atoms with van der Waals surface area (Å²) in [4.78, 5) is 23.9. The van der Waals surface area contributed by atoms with Gasteiger partial charge in [0, 0.05) is 0 Å². The molecular formula is C22H21NO5. The first-order valence-electron chi connectivity index (χ1n) is 8.77. The largest absolute Gasteiger partial charge is 0.495 e. The molecule has 3 aromatic rings. The van der Waals surface area contributed by atoms with Gasteiger partial charge in [0.05, 0.1) is 12.8 Å². The summed E-state index contributed by atoms with van der Waals surface area (Å²) in [6.07, 6.45) is 0. The molecule has 6 heteroatoms. The molecule has 0 unspecified atom stereocenters. The summed E-state index contributed by atoms with van der Waals surface area (Å²) in [5.41, 5.74) is 1.49. The quantitative estimate of drug-likeness (QED) is 0.634. The first kappa shape index (κ1) is 19.2. The highest BCUT2D eigenvalue weighted by Crippen LogP contribution is 2.25. The SMILES string of the molecule is COc1ccc(C)cc1NC(=O)COC(=O)COc1ccc2ccccc2c1. The molecule has 1 N–H and O–H groups in total. The number of carbonyl (C=O) groups is 2. The smallest absolute Gasteiger partial charge is 0.344 e. The van der Waals surface area contributed by atoms with Gasteiger partial charge < -0.3 is 19.5 Å². The number of anilines is 1. The lowest BCUT2D eigenvalue weighted by Gasteiger charge is -2.11. The summed E-state index contributed by atoms with van der Waals surface area (Å²) in [5.74, 6) is 0.0111. The molecule has 0 spiro atoms. The maximum Gasteiger partial charge on any atom is 0.344 e. The molecule has 0 heterocycles. The molecule has 0 saturated carbocycles. The van der Waals surface area contributed by atoms with E-state index in [4.69, 9.17) is 14.2 Å². The van der Waals surface area contributed by atoms with Crippen LogP contribution in [0.2, 0.25) is 0 Å². The van der Waals surface area contributed by atoms with Crippen LogP contribution in [0.15, 0.2) is 60.7 Å². The van der Waals surface area contributed by atoms with Crippen molar-refractivity contribution in [3.8, 4) is 11.5 Å². The molecule has 0 aromatic heterocycles. The van der Waals surface area contributed by atoms with Crippen LogP contribution in [0.4, 0.5) is 5.69 Å². The molecule has 0 aliphatic heterocycles. The van der Waals surface area contributed by atoms with E-state index in [1.807, 2.05) is 49.4 Å². The van der Waals surface area contributed by atoms with Crippen LogP contribution in [0.1, 0.15) is 5.56 Å². The van der Waals surface area contributed by atoms with Gasteiger partial charge in [0.15, 0.2) is 13.2 Å². The Bertz CT molecular complexity index is 999. The highest BCUT2D eigenvalue weighted by Gasteiger charge is 2.11. The Morgan fingerprint density at radius 2 is 1.71 bits per heavy atom. The minimum Gasteiger partial charge on any atom is -0.495 e. The summed E-state index contributed by atoms with van der Waals surface area (Å²) in [6.45, 7) is 1.22. The van der Waals surface area contributed by atoms with Crippen molar-refractivity contribution >= 4 is 28.3 Å². The molecule has 144 valence electrons. The van der Waals surface area contributed by atoms with Crippen LogP contribution in [0, 0.1) is 6.92 Å². The number of carbonyl (C=O) groups excluding carboxylic acids is 2. The number of aryl methyl sites for hydroxylation is 1. The molecule has 3 rings (SSSR count). The van der Waals surface area contributed by atoms with Crippen LogP contribution in [0.25, 0.3) is 10.8 Å². The molecule has 0 aliphatic rings. The monoisotopic (exact) mass is 379 g/mol. The minimum absolute atomic E-state index is 0.278. The Hall–Kier alpha value is -3.54. The lowest BCUT2D eigenvalue weighted by molar-refractivity contribution is -0.149. The van der Waals surface area contributed by atoms with Gasteiger partial charge in [0.1, 0.15) is 11.5 Å². The Morgan fingerprint density at radius 3 is 2.50 bits per heavy atom. The second-order valence-corrected chi connectivity index (χ2v) is 6.21. The minimum atomic E-state index is -0.625. The number of fused-ring (bicyclic) bond motifs is 1. The van der Waals surface area contributed by atoms with E-state index in [0.717, 1.165) is 16.3 Å². The molecule has 0 fully saturated rings. The van der Waals surface area contributed by atoms with E-state index in [2.05, 4.69) is 5.32 Å². The van der Waals surface area contributed by atoms with Crippen molar-refractivity contribution in [2.75, 3.05) is 25.6 Å². The third-order valence-corrected chi connectivity index (χ3v) is 4.07. The zero-order chi connectivity index (χ0) is 19.9. The van der Waals surface area contributed by atoms with Crippen molar-refractivity contribution in [3.05, 3.63) is 66.2 Å². The highest BCUT2D eigenvalue weighted by atomic mass is 16.6. The van der Waals surface area contributed by atoms with Gasteiger partial charge in [0.2, 0.25) is 0 Å². The zero-order valence-corrected chi connectivity index (χ0v) is 15.7. The van der Waals surface area contributed by atoms with Gasteiger partial charge in [0.25, 0.3) is 5.91 Å². The van der Waals surface area contributed by atoms with Crippen LogP contribution >= 0.6 is 0 Å². The van der Waals surface area contributed by atoms with Crippen LogP contribution in [0.3, 0.4) is 0 Å². The molecule has 0 aliphatic carbocycles. The fraction of sp³-hybridized carbons (Fsp3) is 0.182. The maximum absolute atomic E-state index is 12.0. The van der Waals surface area contributed by atoms with E-state index in [9.17, 15) is 9.59 Å². The number of methoxy groups -OCH3 is 1. The van der Waals surface area contributed by atoms with Crippen molar-refractivity contribution < 1.29 is 23.8 Å². The Kier molecular flexibility index (Phi) is 6.11. The van der Waals surface area contributed by atoms with Crippen molar-refractivity contribution in [2.24, 2.45) is 0 Å². The van der Waals surface area contributed by atoms with Crippen LogP contribution in [0.5, 0.6) is 11.5 Å². The van der Waals surface area contributed by atoms with E-state index in [1.54, 1.807) is 18.2 Å². The van der Waals surface area contributed by atoms with Gasteiger partial charge in [-0.1, -0.05) is 36.4 Å². The van der Waals surface area contributed by atoms with E-state index in [-0.39, 0.29) is 6.61 Å². The summed E-state index contributed by atoms with van der Waals surface area (Å²) in [5, 5.41) is 4.77. The molecule has 28 heavy (non-hydrogen) atoms. The maximum atomic E-state index is 12.0. The van der Waals surface area contributed by atoms with E-state index in [0.29, 0.717) is 17.2 Å². The van der Waals surface area contributed by atoms with Crippen molar-refractivity contribution in [1.82, 2.24) is 0 Å². The fourth-order valence-electron chi connectivity index (χ4n) is 2.69. The molecule has 0 bridgehead atoms. The average Bonchev–Trinajstić information content (AvgIpc) is 2.70. The number of amides is 1. The molecule has 3 aromatic carbocycles. The second kappa shape index (κ2) is 8.90. The molecule has 1 amide bonds. The van der Waals surface area contributed by atoms with Gasteiger partial charge in [-0.25, -0.2) is 4.79 Å². The second-order valence-electron chi connectivity index (χ2n) is 6.21. The normalized spacial score (nSPS) is 10.4. The van der Waals surface area contributed by atoms with Crippen LogP contribution < -0.4 is 14.8 Å². The van der Waals surface area contributed by atoms with Crippen molar-refractivity contribution in [3.63, 3.8) is 0 Å². The predicted octanol–water partition coefficient (Wildman–Crippen LogP) is 3.72. The number of ether oxygens (including phenoxy) is 3. The van der Waals surface area contributed by atoms with Crippen LogP contribution in [-0.2, 0) is 14.3 Å². The fourth-order valence-corrected chi connectivity index (χ4v) is 2.69. The van der Waals surface area contributed by atoms with Gasteiger partial charge in [-0.15, -0.1) is 0 Å². The van der Waals surface area contributed by atoms with Gasteiger partial charge in [-0.2, -0.15) is 0 Å². The molecule has 0 radical (unpaired) electrons. The van der Waals surface area contributed by atoms with Gasteiger partial charge in [-0.05, 0) is 47.5 Å². The molecule has 0 saturated heterocycles. The third-order valence-electron chi connectivity index (χ3n) is 4.07. The van der Waals surface area contributed by atoms with E-state index >= 15 is 0 Å².